The Kier molecular flexibility index (Phi) is 8.72. The first-order valence-corrected chi connectivity index (χ1v) is 12.1. The van der Waals surface area contributed by atoms with Crippen molar-refractivity contribution in [2.24, 2.45) is 4.99 Å². The molecule has 3 rings (SSSR count). The van der Waals surface area contributed by atoms with E-state index in [1.807, 2.05) is 73.7 Å². The maximum absolute atomic E-state index is 10.0. The number of hydrogen-bond acceptors (Lipinski definition) is 2. The molecule has 0 aliphatic rings. The van der Waals surface area contributed by atoms with Gasteiger partial charge in [-0.05, 0) is 24.1 Å². The Morgan fingerprint density at radius 3 is 2.31 bits per heavy atom. The Hall–Kier alpha value is -1.78. The maximum atomic E-state index is 10.0. The molecule has 0 atom stereocenters. The molecule has 0 amide bonds. The SMILES string of the molecule is Cc1cccc(N=Cc2ccccc2[N-]c2ccccc2)c1O.[Cl][Ti][Cl]. The molecule has 6 heteroatoms. The zero-order valence-electron chi connectivity index (χ0n) is 14.1. The Bertz CT molecular complexity index is 857. The molecule has 0 aliphatic carbocycles. The summed E-state index contributed by atoms with van der Waals surface area (Å²) in [4.78, 5) is 4.40. The van der Waals surface area contributed by atoms with Crippen molar-refractivity contribution in [1.29, 1.82) is 0 Å². The molecule has 3 aromatic rings. The first-order chi connectivity index (χ1) is 12.7. The second kappa shape index (κ2) is 11.0. The first-order valence-electron chi connectivity index (χ1n) is 7.80. The van der Waals surface area contributed by atoms with Crippen LogP contribution in [0.4, 0.5) is 17.1 Å². The summed E-state index contributed by atoms with van der Waals surface area (Å²) >= 11 is -0.556. The number of aromatic hydroxyl groups is 1. The van der Waals surface area contributed by atoms with Gasteiger partial charge in [0, 0.05) is 6.21 Å². The number of para-hydroxylation sites is 3. The summed E-state index contributed by atoms with van der Waals surface area (Å²) in [6.45, 7) is 1.85. The third-order valence-corrected chi connectivity index (χ3v) is 3.50. The Labute approximate surface area is 170 Å². The molecular weight excluding hydrogens is 403 g/mol. The molecule has 0 radical (unpaired) electrons. The third kappa shape index (κ3) is 6.19. The fourth-order valence-corrected chi connectivity index (χ4v) is 2.23. The van der Waals surface area contributed by atoms with Gasteiger partial charge < -0.3 is 10.4 Å². The number of phenolic OH excluding ortho intramolecular Hbond substituents is 1. The van der Waals surface area contributed by atoms with E-state index in [0.717, 1.165) is 22.5 Å². The first kappa shape index (κ1) is 20.5. The molecule has 26 heavy (non-hydrogen) atoms. The second-order valence-corrected chi connectivity index (χ2v) is 7.86. The molecular formula is C20H17Cl2N2OTi-. The number of rotatable bonds is 4. The molecule has 0 aromatic heterocycles. The molecule has 0 bridgehead atoms. The van der Waals surface area contributed by atoms with Crippen molar-refractivity contribution in [1.82, 2.24) is 0 Å². The molecule has 0 fully saturated rings. The third-order valence-electron chi connectivity index (χ3n) is 3.50. The zero-order valence-corrected chi connectivity index (χ0v) is 17.2. The van der Waals surface area contributed by atoms with Crippen molar-refractivity contribution < 1.29 is 22.1 Å². The fraction of sp³-hybridized carbons (Fsp3) is 0.0500. The van der Waals surface area contributed by atoms with Gasteiger partial charge in [-0.2, -0.15) is 0 Å². The van der Waals surface area contributed by atoms with Crippen molar-refractivity contribution in [2.75, 3.05) is 0 Å². The number of hydrogen-bond donors (Lipinski definition) is 1. The van der Waals surface area contributed by atoms with Crippen molar-refractivity contribution >= 4 is 41.9 Å². The summed E-state index contributed by atoms with van der Waals surface area (Å²) in [5.41, 5.74) is 4.00. The van der Waals surface area contributed by atoms with Gasteiger partial charge in [0.2, 0.25) is 0 Å². The Morgan fingerprint density at radius 1 is 0.923 bits per heavy atom. The van der Waals surface area contributed by atoms with Crippen molar-refractivity contribution in [2.45, 2.75) is 6.92 Å². The van der Waals surface area contributed by atoms with Crippen molar-refractivity contribution in [3.63, 3.8) is 0 Å². The molecule has 0 saturated carbocycles. The molecule has 0 unspecified atom stereocenters. The van der Waals surface area contributed by atoms with Crippen LogP contribution < -0.4 is 0 Å². The molecule has 0 heterocycles. The van der Waals surface area contributed by atoms with Crippen molar-refractivity contribution in [3.05, 3.63) is 89.2 Å². The summed E-state index contributed by atoms with van der Waals surface area (Å²) in [5.74, 6) is 0.209. The van der Waals surface area contributed by atoms with Crippen molar-refractivity contribution in [3.8, 4) is 5.75 Å². The molecule has 0 aliphatic heterocycles. The van der Waals surface area contributed by atoms with Crippen LogP contribution in [0.15, 0.2) is 77.8 Å². The quantitative estimate of drug-likeness (QED) is 0.353. The molecule has 0 spiro atoms. The number of phenols is 1. The van der Waals surface area contributed by atoms with Crippen LogP contribution in [-0.4, -0.2) is 11.3 Å². The van der Waals surface area contributed by atoms with Gasteiger partial charge in [-0.25, -0.2) is 0 Å². The number of aryl methyl sites for hydroxylation is 1. The normalized spacial score (nSPS) is 10.1. The van der Waals surface area contributed by atoms with Crippen LogP contribution in [0.3, 0.4) is 0 Å². The van der Waals surface area contributed by atoms with E-state index in [2.05, 4.69) is 10.3 Å². The van der Waals surface area contributed by atoms with Gasteiger partial charge in [0.1, 0.15) is 11.4 Å². The number of aliphatic imine (C=N–C) groups is 1. The zero-order chi connectivity index (χ0) is 18.8. The summed E-state index contributed by atoms with van der Waals surface area (Å²) in [6.07, 6.45) is 1.73. The molecule has 3 aromatic carbocycles. The van der Waals surface area contributed by atoms with E-state index >= 15 is 0 Å². The van der Waals surface area contributed by atoms with E-state index in [-0.39, 0.29) is 5.75 Å². The van der Waals surface area contributed by atoms with E-state index in [4.69, 9.17) is 18.6 Å². The van der Waals surface area contributed by atoms with E-state index < -0.39 is 17.0 Å². The summed E-state index contributed by atoms with van der Waals surface area (Å²) in [7, 11) is 9.78. The van der Waals surface area contributed by atoms with E-state index in [0.29, 0.717) is 5.69 Å². The van der Waals surface area contributed by atoms with Crippen LogP contribution in [-0.2, 0) is 17.0 Å². The number of halogens is 2. The topological polar surface area (TPSA) is 46.7 Å². The van der Waals surface area contributed by atoms with Crippen LogP contribution in [0.1, 0.15) is 11.1 Å². The minimum absolute atomic E-state index is 0.209. The second-order valence-electron chi connectivity index (χ2n) is 5.28. The van der Waals surface area contributed by atoms with Gasteiger partial charge in [-0.3, -0.25) is 4.99 Å². The van der Waals surface area contributed by atoms with Crippen LogP contribution in [0.25, 0.3) is 5.32 Å². The van der Waals surface area contributed by atoms with Gasteiger partial charge in [0.25, 0.3) is 0 Å². The van der Waals surface area contributed by atoms with Gasteiger partial charge in [0.15, 0.2) is 0 Å². The predicted molar refractivity (Wildman–Crippen MR) is 107 cm³/mol. The molecule has 1 N–H and O–H groups in total. The van der Waals surface area contributed by atoms with Crippen LogP contribution in [0.2, 0.25) is 0 Å². The predicted octanol–water partition coefficient (Wildman–Crippen LogP) is 7.16. The fourth-order valence-electron chi connectivity index (χ4n) is 2.23. The Morgan fingerprint density at radius 2 is 1.58 bits per heavy atom. The number of nitrogens with zero attached hydrogens (tertiary/aromatic N) is 2. The van der Waals surface area contributed by atoms with Crippen LogP contribution in [0.5, 0.6) is 5.75 Å². The van der Waals surface area contributed by atoms with Gasteiger partial charge in [-0.15, -0.1) is 11.4 Å². The minimum atomic E-state index is -0.556. The van der Waals surface area contributed by atoms with Gasteiger partial charge in [-0.1, -0.05) is 66.7 Å². The van der Waals surface area contributed by atoms with E-state index in [1.165, 1.54) is 0 Å². The van der Waals surface area contributed by atoms with E-state index in [9.17, 15) is 5.11 Å². The van der Waals surface area contributed by atoms with Gasteiger partial charge >= 0.3 is 35.6 Å². The van der Waals surface area contributed by atoms with Crippen LogP contribution >= 0.6 is 18.6 Å². The monoisotopic (exact) mass is 419 g/mol. The molecule has 3 nitrogen and oxygen atoms in total. The van der Waals surface area contributed by atoms with Gasteiger partial charge in [0.05, 0.1) is 0 Å². The standard InChI is InChI=1S/C20H17N2O.2ClH.Ti/c1-15-8-7-13-19(20(15)23)21-14-16-9-5-6-12-18(16)22-17-10-3-2-4-11-17;;;/h2-14H,1H3,(H-,21,22,23);2*1H;/q-1;;;+2/p-2. The Balaban J connectivity index is 0.000000758. The molecule has 132 valence electrons. The average molecular weight is 420 g/mol. The van der Waals surface area contributed by atoms with Crippen LogP contribution in [0, 0.1) is 6.92 Å². The number of benzene rings is 3. The summed E-state index contributed by atoms with van der Waals surface area (Å²) in [6, 6.07) is 23.1. The molecule has 0 saturated heterocycles. The average Bonchev–Trinajstić information content (AvgIpc) is 2.65. The summed E-state index contributed by atoms with van der Waals surface area (Å²) in [5, 5.41) is 14.7. The van der Waals surface area contributed by atoms with E-state index in [1.54, 1.807) is 12.3 Å². The summed E-state index contributed by atoms with van der Waals surface area (Å²) < 4.78 is 0.